The Morgan fingerprint density at radius 1 is 1.25 bits per heavy atom. The quantitative estimate of drug-likeness (QED) is 0.677. The molecule has 1 aromatic carbocycles. The van der Waals surface area contributed by atoms with Crippen molar-refractivity contribution in [1.82, 2.24) is 10.1 Å². The second-order valence-electron chi connectivity index (χ2n) is 5.80. The second-order valence-corrected chi connectivity index (χ2v) is 6.75. The molecule has 2 aromatic heterocycles. The Morgan fingerprint density at radius 3 is 2.75 bits per heavy atom. The lowest BCUT2D eigenvalue weighted by atomic mass is 10.0. The van der Waals surface area contributed by atoms with Crippen LogP contribution in [-0.4, -0.2) is 22.5 Å². The van der Waals surface area contributed by atoms with Crippen molar-refractivity contribution in [3.63, 3.8) is 0 Å². The third-order valence-corrected chi connectivity index (χ3v) is 4.82. The molecule has 3 rings (SSSR count). The molecule has 0 aliphatic heterocycles. The van der Waals surface area contributed by atoms with Crippen LogP contribution < -0.4 is 0 Å². The Bertz CT molecular complexity index is 837. The number of hydrogen-bond acceptors (Lipinski definition) is 4. The first-order valence-corrected chi connectivity index (χ1v) is 8.82. The van der Waals surface area contributed by atoms with Crippen LogP contribution in [0.3, 0.4) is 0 Å². The van der Waals surface area contributed by atoms with Crippen molar-refractivity contribution in [2.45, 2.75) is 27.3 Å². The summed E-state index contributed by atoms with van der Waals surface area (Å²) < 4.78 is 5.50. The fraction of sp³-hybridized carbons (Fsp3) is 0.263. The average Bonchev–Trinajstić information content (AvgIpc) is 3.24. The molecule has 0 radical (unpaired) electrons. The number of thiophene rings is 1. The molecule has 0 saturated carbocycles. The van der Waals surface area contributed by atoms with Crippen molar-refractivity contribution < 1.29 is 9.32 Å². The van der Waals surface area contributed by atoms with Gasteiger partial charge < -0.3 is 9.42 Å². The molecule has 0 N–H and O–H groups in total. The predicted octanol–water partition coefficient (Wildman–Crippen LogP) is 4.68. The van der Waals surface area contributed by atoms with Crippen LogP contribution in [0.15, 0.2) is 46.3 Å². The topological polar surface area (TPSA) is 46.3 Å². The molecule has 0 bridgehead atoms. The van der Waals surface area contributed by atoms with Crippen LogP contribution in [0.4, 0.5) is 0 Å². The number of aryl methyl sites for hydroxylation is 2. The maximum absolute atomic E-state index is 12.5. The van der Waals surface area contributed by atoms with Gasteiger partial charge in [0.2, 0.25) is 0 Å². The number of aromatic nitrogens is 1. The van der Waals surface area contributed by atoms with E-state index in [1.165, 1.54) is 16.9 Å². The molecule has 0 spiro atoms. The van der Waals surface area contributed by atoms with Crippen molar-refractivity contribution in [3.8, 4) is 11.3 Å². The van der Waals surface area contributed by atoms with Gasteiger partial charge in [0.15, 0.2) is 5.76 Å². The SMILES string of the molecule is CCN(Cc1cc(-c2ccc(C)cc2C)on1)C(=O)c1cccs1. The molecular weight excluding hydrogens is 320 g/mol. The van der Waals surface area contributed by atoms with E-state index in [-0.39, 0.29) is 5.91 Å². The summed E-state index contributed by atoms with van der Waals surface area (Å²) in [6, 6.07) is 11.9. The van der Waals surface area contributed by atoms with E-state index >= 15 is 0 Å². The summed E-state index contributed by atoms with van der Waals surface area (Å²) in [6.07, 6.45) is 0. The van der Waals surface area contributed by atoms with E-state index < -0.39 is 0 Å². The zero-order valence-corrected chi connectivity index (χ0v) is 14.9. The molecule has 24 heavy (non-hydrogen) atoms. The highest BCUT2D eigenvalue weighted by Crippen LogP contribution is 2.25. The van der Waals surface area contributed by atoms with Gasteiger partial charge >= 0.3 is 0 Å². The van der Waals surface area contributed by atoms with Gasteiger partial charge in [0.1, 0.15) is 5.69 Å². The maximum atomic E-state index is 12.5. The minimum atomic E-state index is 0.0311. The molecule has 0 saturated heterocycles. The van der Waals surface area contributed by atoms with Gasteiger partial charge in [-0.15, -0.1) is 11.3 Å². The van der Waals surface area contributed by atoms with Gasteiger partial charge in [-0.05, 0) is 37.8 Å². The lowest BCUT2D eigenvalue weighted by molar-refractivity contribution is 0.0754. The lowest BCUT2D eigenvalue weighted by Crippen LogP contribution is -2.29. The van der Waals surface area contributed by atoms with E-state index in [0.717, 1.165) is 27.5 Å². The van der Waals surface area contributed by atoms with Crippen LogP contribution in [0, 0.1) is 13.8 Å². The third kappa shape index (κ3) is 3.41. The zero-order valence-electron chi connectivity index (χ0n) is 14.1. The molecule has 0 atom stereocenters. The summed E-state index contributed by atoms with van der Waals surface area (Å²) in [5.74, 6) is 0.769. The zero-order chi connectivity index (χ0) is 17.1. The van der Waals surface area contributed by atoms with Crippen LogP contribution in [0.25, 0.3) is 11.3 Å². The van der Waals surface area contributed by atoms with E-state index in [9.17, 15) is 4.79 Å². The van der Waals surface area contributed by atoms with Crippen molar-refractivity contribution in [1.29, 1.82) is 0 Å². The third-order valence-electron chi connectivity index (χ3n) is 3.96. The first-order valence-electron chi connectivity index (χ1n) is 7.94. The lowest BCUT2D eigenvalue weighted by Gasteiger charge is -2.18. The molecule has 0 aliphatic rings. The normalized spacial score (nSPS) is 10.8. The number of hydrogen-bond donors (Lipinski definition) is 0. The van der Waals surface area contributed by atoms with Crippen molar-refractivity contribution in [2.24, 2.45) is 0 Å². The molecule has 3 aromatic rings. The van der Waals surface area contributed by atoms with Crippen molar-refractivity contribution in [3.05, 3.63) is 63.5 Å². The minimum absolute atomic E-state index is 0.0311. The molecule has 5 heteroatoms. The van der Waals surface area contributed by atoms with Gasteiger partial charge in [0.25, 0.3) is 5.91 Å². The molecule has 4 nitrogen and oxygen atoms in total. The number of amides is 1. The Balaban J connectivity index is 1.79. The fourth-order valence-electron chi connectivity index (χ4n) is 2.68. The molecular formula is C19H20N2O2S. The van der Waals surface area contributed by atoms with Crippen molar-refractivity contribution in [2.75, 3.05) is 6.54 Å². The van der Waals surface area contributed by atoms with Gasteiger partial charge in [-0.3, -0.25) is 4.79 Å². The Labute approximate surface area is 145 Å². The highest BCUT2D eigenvalue weighted by Gasteiger charge is 2.18. The van der Waals surface area contributed by atoms with E-state index in [2.05, 4.69) is 31.1 Å². The van der Waals surface area contributed by atoms with Crippen LogP contribution in [0.1, 0.15) is 33.4 Å². The fourth-order valence-corrected chi connectivity index (χ4v) is 3.37. The maximum Gasteiger partial charge on any atom is 0.264 e. The summed E-state index contributed by atoms with van der Waals surface area (Å²) in [5.41, 5.74) is 4.16. The monoisotopic (exact) mass is 340 g/mol. The summed E-state index contributed by atoms with van der Waals surface area (Å²) >= 11 is 1.46. The number of carbonyl (C=O) groups is 1. The van der Waals surface area contributed by atoms with Crippen LogP contribution in [-0.2, 0) is 6.54 Å². The van der Waals surface area contributed by atoms with Gasteiger partial charge in [0.05, 0.1) is 11.4 Å². The Morgan fingerprint density at radius 2 is 2.08 bits per heavy atom. The molecule has 2 heterocycles. The molecule has 124 valence electrons. The Kier molecular flexibility index (Phi) is 4.81. The predicted molar refractivity (Wildman–Crippen MR) is 96.1 cm³/mol. The summed E-state index contributed by atoms with van der Waals surface area (Å²) in [5, 5.41) is 6.05. The number of nitrogens with zero attached hydrogens (tertiary/aromatic N) is 2. The summed E-state index contributed by atoms with van der Waals surface area (Å²) in [4.78, 5) is 15.0. The first kappa shape index (κ1) is 16.5. The molecule has 0 aliphatic carbocycles. The molecule has 1 amide bonds. The van der Waals surface area contributed by atoms with Gasteiger partial charge in [-0.1, -0.05) is 35.0 Å². The molecule has 0 fully saturated rings. The minimum Gasteiger partial charge on any atom is -0.356 e. The largest absolute Gasteiger partial charge is 0.356 e. The van der Waals surface area contributed by atoms with Crippen molar-refractivity contribution >= 4 is 17.2 Å². The van der Waals surface area contributed by atoms with Crippen LogP contribution in [0.2, 0.25) is 0 Å². The van der Waals surface area contributed by atoms with E-state index in [4.69, 9.17) is 4.52 Å². The number of benzene rings is 1. The van der Waals surface area contributed by atoms with Gasteiger partial charge in [0, 0.05) is 18.2 Å². The number of carbonyl (C=O) groups excluding carboxylic acids is 1. The van der Waals surface area contributed by atoms with Crippen LogP contribution in [0.5, 0.6) is 0 Å². The smallest absolute Gasteiger partial charge is 0.264 e. The first-order chi connectivity index (χ1) is 11.6. The average molecular weight is 340 g/mol. The van der Waals surface area contributed by atoms with E-state index in [1.807, 2.05) is 36.6 Å². The van der Waals surface area contributed by atoms with Crippen LogP contribution >= 0.6 is 11.3 Å². The molecule has 0 unspecified atom stereocenters. The number of rotatable bonds is 5. The summed E-state index contributed by atoms with van der Waals surface area (Å²) in [6.45, 7) is 7.17. The van der Waals surface area contributed by atoms with E-state index in [1.54, 1.807) is 4.90 Å². The standard InChI is InChI=1S/C19H20N2O2S/c1-4-21(19(22)18-6-5-9-24-18)12-15-11-17(23-20-15)16-8-7-13(2)10-14(16)3/h5-11H,4,12H2,1-3H3. The summed E-state index contributed by atoms with van der Waals surface area (Å²) in [7, 11) is 0. The van der Waals surface area contributed by atoms with Gasteiger partial charge in [-0.25, -0.2) is 0 Å². The van der Waals surface area contributed by atoms with E-state index in [0.29, 0.717) is 13.1 Å². The van der Waals surface area contributed by atoms with Gasteiger partial charge in [-0.2, -0.15) is 0 Å². The highest BCUT2D eigenvalue weighted by atomic mass is 32.1. The highest BCUT2D eigenvalue weighted by molar-refractivity contribution is 7.12. The Hall–Kier alpha value is -2.40. The second kappa shape index (κ2) is 7.01.